The van der Waals surface area contributed by atoms with Crippen LogP contribution in [-0.4, -0.2) is 9.97 Å². The summed E-state index contributed by atoms with van der Waals surface area (Å²) in [6, 6.07) is 0. The van der Waals surface area contributed by atoms with Crippen LogP contribution in [0.2, 0.25) is 0 Å². The average Bonchev–Trinajstić information content (AvgIpc) is 2.46. The number of nitrogens with one attached hydrogen (secondary N) is 1. The normalized spacial score (nSPS) is 26.4. The number of fused-ring (bicyclic) bond motifs is 1. The maximum atomic E-state index is 5.55. The van der Waals surface area contributed by atoms with Crippen molar-refractivity contribution in [2.75, 3.05) is 0 Å². The predicted octanol–water partition coefficient (Wildman–Crippen LogP) is 5.34. The van der Waals surface area contributed by atoms with Gasteiger partial charge < -0.3 is 4.98 Å². The van der Waals surface area contributed by atoms with Gasteiger partial charge in [-0.1, -0.05) is 33.0 Å². The number of hydrogen-bond donors (Lipinski definition) is 1. The van der Waals surface area contributed by atoms with E-state index in [9.17, 15) is 0 Å². The van der Waals surface area contributed by atoms with E-state index in [1.807, 2.05) is 0 Å². The van der Waals surface area contributed by atoms with Crippen molar-refractivity contribution in [2.45, 2.75) is 78.1 Å². The molecule has 2 nitrogen and oxygen atoms in total. The first-order valence-corrected chi connectivity index (χ1v) is 8.98. The molecule has 1 fully saturated rings. The Kier molecular flexibility index (Phi) is 4.22. The Morgan fingerprint density at radius 3 is 2.38 bits per heavy atom. The van der Waals surface area contributed by atoms with Crippen molar-refractivity contribution >= 4 is 12.2 Å². The van der Waals surface area contributed by atoms with Crippen LogP contribution in [0.5, 0.6) is 0 Å². The smallest absolute Gasteiger partial charge is 0.133 e. The number of hydrogen-bond acceptors (Lipinski definition) is 2. The molecule has 0 spiro atoms. The minimum Gasteiger partial charge on any atom is -0.347 e. The molecule has 0 bridgehead atoms. The highest BCUT2D eigenvalue weighted by Gasteiger charge is 2.31. The van der Waals surface area contributed by atoms with Gasteiger partial charge in [0.1, 0.15) is 10.5 Å². The summed E-state index contributed by atoms with van der Waals surface area (Å²) in [7, 11) is 0. The van der Waals surface area contributed by atoms with Gasteiger partial charge in [-0.05, 0) is 62.7 Å². The Bertz CT molecular complexity index is 560. The molecule has 1 aromatic heterocycles. The van der Waals surface area contributed by atoms with Gasteiger partial charge in [-0.25, -0.2) is 4.98 Å². The molecule has 0 amide bonds. The topological polar surface area (TPSA) is 28.7 Å². The van der Waals surface area contributed by atoms with E-state index < -0.39 is 0 Å². The van der Waals surface area contributed by atoms with Crippen LogP contribution in [0.3, 0.4) is 0 Å². The first kappa shape index (κ1) is 15.2. The lowest BCUT2D eigenvalue weighted by Gasteiger charge is -2.36. The molecule has 0 radical (unpaired) electrons. The fourth-order valence-corrected chi connectivity index (χ4v) is 4.39. The fraction of sp³-hybridized carbons (Fsp3) is 0.778. The van der Waals surface area contributed by atoms with E-state index in [0.29, 0.717) is 11.3 Å². The number of aromatic nitrogens is 2. The number of aryl methyl sites for hydroxylation is 1. The Labute approximate surface area is 133 Å². The molecule has 0 aliphatic heterocycles. The van der Waals surface area contributed by atoms with Crippen LogP contribution >= 0.6 is 12.2 Å². The number of rotatable bonds is 1. The van der Waals surface area contributed by atoms with Gasteiger partial charge in [-0.2, -0.15) is 0 Å². The maximum Gasteiger partial charge on any atom is 0.133 e. The van der Waals surface area contributed by atoms with E-state index in [4.69, 9.17) is 17.2 Å². The first-order chi connectivity index (χ1) is 9.95. The second kappa shape index (κ2) is 5.83. The molecule has 1 aromatic rings. The van der Waals surface area contributed by atoms with Gasteiger partial charge in [0, 0.05) is 17.2 Å². The summed E-state index contributed by atoms with van der Waals surface area (Å²) in [6.45, 7) is 7.13. The standard InChI is InChI=1S/C18H28N2S/c1-18(2,3)13-10-8-12(9-11-13)16-19-15-7-5-4-6-14(15)17(21)20-16/h12-13H,4-11H2,1-3H3,(H,19,20,21). The zero-order chi connectivity index (χ0) is 15.0. The fourth-order valence-electron chi connectivity index (χ4n) is 4.06. The van der Waals surface area contributed by atoms with Crippen molar-refractivity contribution in [2.24, 2.45) is 11.3 Å². The van der Waals surface area contributed by atoms with Gasteiger partial charge in [0.05, 0.1) is 0 Å². The van der Waals surface area contributed by atoms with E-state index >= 15 is 0 Å². The van der Waals surface area contributed by atoms with E-state index in [0.717, 1.165) is 23.4 Å². The molecule has 0 unspecified atom stereocenters. The molecule has 2 aliphatic rings. The van der Waals surface area contributed by atoms with Crippen LogP contribution in [0.15, 0.2) is 0 Å². The Hall–Kier alpha value is -0.700. The molecule has 0 atom stereocenters. The molecule has 0 saturated heterocycles. The lowest BCUT2D eigenvalue weighted by molar-refractivity contribution is 0.167. The summed E-state index contributed by atoms with van der Waals surface area (Å²) in [5.74, 6) is 2.62. The molecule has 21 heavy (non-hydrogen) atoms. The van der Waals surface area contributed by atoms with Gasteiger partial charge in [-0.3, -0.25) is 0 Å². The first-order valence-electron chi connectivity index (χ1n) is 8.57. The zero-order valence-corrected chi connectivity index (χ0v) is 14.5. The van der Waals surface area contributed by atoms with Crippen molar-refractivity contribution in [3.05, 3.63) is 21.7 Å². The highest BCUT2D eigenvalue weighted by Crippen LogP contribution is 2.42. The van der Waals surface area contributed by atoms with E-state index in [2.05, 4.69) is 25.8 Å². The second-order valence-electron chi connectivity index (χ2n) is 8.01. The summed E-state index contributed by atoms with van der Waals surface area (Å²) in [5.41, 5.74) is 3.15. The SMILES string of the molecule is CC(C)(C)C1CCC(c2nc(=S)c3c([nH]2)CCCC3)CC1. The Balaban J connectivity index is 1.77. The van der Waals surface area contributed by atoms with Crippen LogP contribution < -0.4 is 0 Å². The third kappa shape index (κ3) is 3.23. The van der Waals surface area contributed by atoms with Crippen molar-refractivity contribution in [1.82, 2.24) is 9.97 Å². The molecule has 116 valence electrons. The number of aromatic amines is 1. The van der Waals surface area contributed by atoms with E-state index in [1.165, 1.54) is 55.6 Å². The van der Waals surface area contributed by atoms with Gasteiger partial charge in [0.15, 0.2) is 0 Å². The van der Waals surface area contributed by atoms with Crippen LogP contribution in [0.25, 0.3) is 0 Å². The number of H-pyrrole nitrogens is 1. The van der Waals surface area contributed by atoms with Crippen molar-refractivity contribution in [3.8, 4) is 0 Å². The highest BCUT2D eigenvalue weighted by molar-refractivity contribution is 7.71. The summed E-state index contributed by atoms with van der Waals surface area (Å²) >= 11 is 5.55. The second-order valence-corrected chi connectivity index (χ2v) is 8.39. The number of nitrogens with zero attached hydrogens (tertiary/aromatic N) is 1. The molecule has 1 heterocycles. The van der Waals surface area contributed by atoms with Gasteiger partial charge in [0.2, 0.25) is 0 Å². The van der Waals surface area contributed by atoms with E-state index in [-0.39, 0.29) is 0 Å². The minimum atomic E-state index is 0.446. The Morgan fingerprint density at radius 1 is 1.05 bits per heavy atom. The lowest BCUT2D eigenvalue weighted by atomic mass is 9.69. The van der Waals surface area contributed by atoms with Crippen LogP contribution in [0.1, 0.15) is 82.3 Å². The quantitative estimate of drug-likeness (QED) is 0.710. The molecule has 2 aliphatic carbocycles. The molecular formula is C18H28N2S. The molecule has 0 aromatic carbocycles. The van der Waals surface area contributed by atoms with Gasteiger partial charge in [-0.15, -0.1) is 0 Å². The van der Waals surface area contributed by atoms with Crippen LogP contribution in [0.4, 0.5) is 0 Å². The molecule has 1 N–H and O–H groups in total. The lowest BCUT2D eigenvalue weighted by Crippen LogP contribution is -2.26. The predicted molar refractivity (Wildman–Crippen MR) is 90.2 cm³/mol. The van der Waals surface area contributed by atoms with Gasteiger partial charge in [0.25, 0.3) is 0 Å². The summed E-state index contributed by atoms with van der Waals surface area (Å²) in [4.78, 5) is 8.41. The third-order valence-corrected chi connectivity index (χ3v) is 5.90. The minimum absolute atomic E-state index is 0.446. The third-order valence-electron chi connectivity index (χ3n) is 5.57. The van der Waals surface area contributed by atoms with Crippen LogP contribution in [-0.2, 0) is 12.8 Å². The molecule has 3 rings (SSSR count). The Morgan fingerprint density at radius 2 is 1.71 bits per heavy atom. The van der Waals surface area contributed by atoms with E-state index in [1.54, 1.807) is 0 Å². The largest absolute Gasteiger partial charge is 0.347 e. The van der Waals surface area contributed by atoms with Crippen LogP contribution in [0, 0.1) is 16.0 Å². The monoisotopic (exact) mass is 304 g/mol. The zero-order valence-electron chi connectivity index (χ0n) is 13.7. The molecule has 1 saturated carbocycles. The summed E-state index contributed by atoms with van der Waals surface area (Å²) < 4.78 is 0.872. The summed E-state index contributed by atoms with van der Waals surface area (Å²) in [5, 5.41) is 0. The van der Waals surface area contributed by atoms with Crippen molar-refractivity contribution in [3.63, 3.8) is 0 Å². The highest BCUT2D eigenvalue weighted by atomic mass is 32.1. The van der Waals surface area contributed by atoms with Gasteiger partial charge >= 0.3 is 0 Å². The average molecular weight is 305 g/mol. The maximum absolute atomic E-state index is 5.55. The summed E-state index contributed by atoms with van der Waals surface area (Å²) in [6.07, 6.45) is 10.0. The molecule has 3 heteroatoms. The molecular weight excluding hydrogens is 276 g/mol. The van der Waals surface area contributed by atoms with Crippen molar-refractivity contribution < 1.29 is 0 Å². The van der Waals surface area contributed by atoms with Crippen molar-refractivity contribution in [1.29, 1.82) is 0 Å².